The van der Waals surface area contributed by atoms with Crippen molar-refractivity contribution in [3.8, 4) is 11.1 Å². The van der Waals surface area contributed by atoms with Crippen molar-refractivity contribution in [2.75, 3.05) is 32.1 Å². The van der Waals surface area contributed by atoms with Gasteiger partial charge in [-0.05, 0) is 75.5 Å². The van der Waals surface area contributed by atoms with Crippen molar-refractivity contribution in [2.45, 2.75) is 76.8 Å². The quantitative estimate of drug-likeness (QED) is 0.157. The molecule has 1 aromatic carbocycles. The minimum Gasteiger partial charge on any atom is -0.361 e. The number of carbonyl (C=O) groups excluding carboxylic acids is 1. The lowest BCUT2D eigenvalue weighted by Crippen LogP contribution is -2.23. The van der Waals surface area contributed by atoms with Crippen LogP contribution in [0.3, 0.4) is 0 Å². The molecular weight excluding hydrogens is 556 g/mol. The number of fused-ring (bicyclic) bond motifs is 1. The minimum absolute atomic E-state index is 0.00496. The van der Waals surface area contributed by atoms with E-state index < -0.39 is 8.07 Å². The molecule has 2 aliphatic rings. The van der Waals surface area contributed by atoms with Crippen LogP contribution in [0.1, 0.15) is 60.4 Å². The Balaban J connectivity index is 1.17. The zero-order valence-electron chi connectivity index (χ0n) is 25.9. The lowest BCUT2D eigenvalue weighted by molar-refractivity contribution is -0.0394. The van der Waals surface area contributed by atoms with E-state index in [2.05, 4.69) is 57.6 Å². The number of amides is 1. The summed E-state index contributed by atoms with van der Waals surface area (Å²) in [5.74, 6) is 0.341. The summed E-state index contributed by atoms with van der Waals surface area (Å²) >= 11 is 0. The van der Waals surface area contributed by atoms with Crippen LogP contribution in [0.25, 0.3) is 22.0 Å². The largest absolute Gasteiger partial charge is 0.361 e. The molecule has 2 atom stereocenters. The molecule has 3 aromatic heterocycles. The monoisotopic (exact) mass is 600 g/mol. The summed E-state index contributed by atoms with van der Waals surface area (Å²) in [7, 11) is 1.01. The molecule has 1 N–H and O–H groups in total. The van der Waals surface area contributed by atoms with Crippen molar-refractivity contribution in [1.82, 2.24) is 24.2 Å². The second kappa shape index (κ2) is 12.7. The Morgan fingerprint density at radius 1 is 1.07 bits per heavy atom. The van der Waals surface area contributed by atoms with Crippen molar-refractivity contribution in [3.05, 3.63) is 66.2 Å². The van der Waals surface area contributed by atoms with Crippen LogP contribution in [0.2, 0.25) is 25.7 Å². The average Bonchev–Trinajstić information content (AvgIpc) is 3.74. The van der Waals surface area contributed by atoms with E-state index in [1.807, 2.05) is 53.6 Å². The molecule has 228 valence electrons. The highest BCUT2D eigenvalue weighted by atomic mass is 28.3. The summed E-state index contributed by atoms with van der Waals surface area (Å²) in [4.78, 5) is 20.3. The first-order valence-electron chi connectivity index (χ1n) is 15.6. The molecule has 1 amide bonds. The Morgan fingerprint density at radius 2 is 1.91 bits per heavy atom. The third-order valence-corrected chi connectivity index (χ3v) is 10.4. The molecular formula is C33H44N6O3Si. The molecule has 0 spiro atoms. The van der Waals surface area contributed by atoms with Crippen LogP contribution in [-0.4, -0.2) is 65.0 Å². The number of hydrogen-bond acceptors (Lipinski definition) is 6. The highest BCUT2D eigenvalue weighted by molar-refractivity contribution is 6.76. The van der Waals surface area contributed by atoms with E-state index in [0.29, 0.717) is 24.2 Å². The van der Waals surface area contributed by atoms with Crippen molar-refractivity contribution < 1.29 is 14.3 Å². The topological polar surface area (TPSA) is 86.4 Å². The van der Waals surface area contributed by atoms with Gasteiger partial charge >= 0.3 is 0 Å². The smallest absolute Gasteiger partial charge is 0.256 e. The molecule has 2 fully saturated rings. The van der Waals surface area contributed by atoms with Gasteiger partial charge in [0.25, 0.3) is 5.91 Å². The van der Waals surface area contributed by atoms with E-state index in [-0.39, 0.29) is 12.1 Å². The van der Waals surface area contributed by atoms with Gasteiger partial charge in [0.2, 0.25) is 0 Å². The minimum atomic E-state index is -1.18. The molecule has 4 aromatic rings. The molecule has 0 bridgehead atoms. The molecule has 9 nitrogen and oxygen atoms in total. The maximum atomic E-state index is 13.2. The van der Waals surface area contributed by atoms with Crippen molar-refractivity contribution >= 4 is 30.7 Å². The van der Waals surface area contributed by atoms with Gasteiger partial charge in [0.05, 0.1) is 11.7 Å². The van der Waals surface area contributed by atoms with E-state index in [4.69, 9.17) is 9.47 Å². The molecule has 2 saturated heterocycles. The van der Waals surface area contributed by atoms with Crippen LogP contribution in [0.15, 0.2) is 55.0 Å². The summed E-state index contributed by atoms with van der Waals surface area (Å²) in [6, 6.07) is 13.3. The van der Waals surface area contributed by atoms with Crippen LogP contribution in [0.5, 0.6) is 0 Å². The van der Waals surface area contributed by atoms with Gasteiger partial charge < -0.3 is 19.4 Å². The van der Waals surface area contributed by atoms with Crippen molar-refractivity contribution in [3.63, 3.8) is 0 Å². The van der Waals surface area contributed by atoms with Crippen LogP contribution in [0, 0.1) is 0 Å². The van der Waals surface area contributed by atoms with Gasteiger partial charge in [-0.15, -0.1) is 0 Å². The fourth-order valence-electron chi connectivity index (χ4n) is 6.06. The standard InChI is InChI=1S/C33H44N6O3Si/c1-37-14-7-8-28(37)30-18-26-20-34-31(19-29(26)38(30)23-41-16-17-43(2,3)4)36-33(40)25-12-10-24(11-13-25)27-21-35-39(22-27)32-9-5-6-15-42-32/h10-13,18-22,28,32H,5-9,14-17,23H2,1-4H3,(H,34,36,40)/t28-,32?/m1/s1. The summed E-state index contributed by atoms with van der Waals surface area (Å²) in [5.41, 5.74) is 4.87. The van der Waals surface area contributed by atoms with Crippen LogP contribution in [0.4, 0.5) is 5.82 Å². The van der Waals surface area contributed by atoms with Crippen LogP contribution in [-0.2, 0) is 16.2 Å². The van der Waals surface area contributed by atoms with E-state index >= 15 is 0 Å². The number of nitrogens with zero attached hydrogens (tertiary/aromatic N) is 5. The van der Waals surface area contributed by atoms with Gasteiger partial charge in [0, 0.05) is 68.0 Å². The highest BCUT2D eigenvalue weighted by Crippen LogP contribution is 2.35. The van der Waals surface area contributed by atoms with Gasteiger partial charge in [-0.3, -0.25) is 9.69 Å². The number of nitrogens with one attached hydrogen (secondary N) is 1. The predicted octanol–water partition coefficient (Wildman–Crippen LogP) is 6.93. The lowest BCUT2D eigenvalue weighted by Gasteiger charge is -2.22. The number of likely N-dealkylation sites (tertiary alicyclic amines) is 1. The van der Waals surface area contributed by atoms with E-state index in [9.17, 15) is 4.79 Å². The van der Waals surface area contributed by atoms with Gasteiger partial charge in [0.15, 0.2) is 0 Å². The first kappa shape index (κ1) is 29.7. The zero-order chi connectivity index (χ0) is 30.0. The number of aromatic nitrogens is 4. The lowest BCUT2D eigenvalue weighted by atomic mass is 10.1. The number of ether oxygens (including phenoxy) is 2. The van der Waals surface area contributed by atoms with Gasteiger partial charge in [-0.1, -0.05) is 31.8 Å². The fraction of sp³-hybridized carbons (Fsp3) is 0.485. The van der Waals surface area contributed by atoms with Crippen molar-refractivity contribution in [2.24, 2.45) is 0 Å². The molecule has 2 aliphatic heterocycles. The number of hydrogen-bond donors (Lipinski definition) is 1. The summed E-state index contributed by atoms with van der Waals surface area (Å²) in [5, 5.41) is 8.60. The molecule has 10 heteroatoms. The van der Waals surface area contributed by atoms with Crippen molar-refractivity contribution in [1.29, 1.82) is 0 Å². The molecule has 1 unspecified atom stereocenters. The molecule has 0 aliphatic carbocycles. The maximum Gasteiger partial charge on any atom is 0.256 e. The summed E-state index contributed by atoms with van der Waals surface area (Å²) in [6.07, 6.45) is 11.3. The van der Waals surface area contributed by atoms with E-state index in [1.165, 1.54) is 12.1 Å². The first-order chi connectivity index (χ1) is 20.7. The molecule has 43 heavy (non-hydrogen) atoms. The highest BCUT2D eigenvalue weighted by Gasteiger charge is 2.27. The fourth-order valence-corrected chi connectivity index (χ4v) is 6.82. The Hall–Kier alpha value is -3.31. The molecule has 5 heterocycles. The SMILES string of the molecule is CN1CCC[C@@H]1c1cc2cnc(NC(=O)c3ccc(-c4cnn(C5CCCCO5)c4)cc3)cc2n1COCC[Si](C)(C)C. The first-order valence-corrected chi connectivity index (χ1v) is 19.3. The number of benzene rings is 1. The van der Waals surface area contributed by atoms with Crippen LogP contribution >= 0.6 is 0 Å². The number of anilines is 1. The number of carbonyl (C=O) groups is 1. The normalized spacial score (nSPS) is 19.7. The van der Waals surface area contributed by atoms with E-state index in [1.54, 1.807) is 0 Å². The Kier molecular flexibility index (Phi) is 8.81. The predicted molar refractivity (Wildman–Crippen MR) is 173 cm³/mol. The third kappa shape index (κ3) is 6.93. The zero-order valence-corrected chi connectivity index (χ0v) is 26.9. The Bertz CT molecular complexity index is 1550. The second-order valence-electron chi connectivity index (χ2n) is 13.2. The maximum absolute atomic E-state index is 13.2. The summed E-state index contributed by atoms with van der Waals surface area (Å²) in [6.45, 7) is 10.2. The summed E-state index contributed by atoms with van der Waals surface area (Å²) < 4.78 is 16.3. The number of pyridine rings is 1. The van der Waals surface area contributed by atoms with E-state index in [0.717, 1.165) is 73.5 Å². The average molecular weight is 601 g/mol. The van der Waals surface area contributed by atoms with Gasteiger partial charge in [-0.25, -0.2) is 9.67 Å². The van der Waals surface area contributed by atoms with Gasteiger partial charge in [-0.2, -0.15) is 5.10 Å². The molecule has 0 radical (unpaired) electrons. The third-order valence-electron chi connectivity index (χ3n) is 8.67. The van der Waals surface area contributed by atoms with Gasteiger partial charge in [0.1, 0.15) is 18.8 Å². The molecule has 6 rings (SSSR count). The second-order valence-corrected chi connectivity index (χ2v) is 18.8. The molecule has 0 saturated carbocycles. The Morgan fingerprint density at radius 3 is 2.63 bits per heavy atom. The number of rotatable bonds is 10. The van der Waals surface area contributed by atoms with Crippen LogP contribution < -0.4 is 5.32 Å². The Labute approximate surface area is 255 Å².